The van der Waals surface area contributed by atoms with Crippen LogP contribution in [-0.4, -0.2) is 5.71 Å². The average Bonchev–Trinajstić information content (AvgIpc) is 3.87. The van der Waals surface area contributed by atoms with Gasteiger partial charge >= 0.3 is 0 Å². The van der Waals surface area contributed by atoms with Gasteiger partial charge < -0.3 is 5.41 Å². The Morgan fingerprint density at radius 2 is 1.06 bits per heavy atom. The maximum absolute atomic E-state index is 7.24. The maximum atomic E-state index is 7.24. The Labute approximate surface area is 462 Å². The Balaban J connectivity index is 0.000000153. The molecule has 0 amide bonds. The Bertz CT molecular complexity index is 3300. The van der Waals surface area contributed by atoms with E-state index in [-0.39, 0.29) is 5.41 Å². The first-order valence-corrected chi connectivity index (χ1v) is 28.2. The van der Waals surface area contributed by atoms with Crippen LogP contribution >= 0.6 is 0 Å². The van der Waals surface area contributed by atoms with Gasteiger partial charge in [-0.2, -0.15) is 0 Å². The van der Waals surface area contributed by atoms with Gasteiger partial charge in [0.15, 0.2) is 0 Å². The summed E-state index contributed by atoms with van der Waals surface area (Å²) in [4.78, 5) is 0. The lowest BCUT2D eigenvalue weighted by molar-refractivity contribution is 0.605. The van der Waals surface area contributed by atoms with E-state index >= 15 is 0 Å². The van der Waals surface area contributed by atoms with Crippen LogP contribution < -0.4 is 0 Å². The maximum Gasteiger partial charge on any atom is 0.0355 e. The number of allylic oxidation sites excluding steroid dienone is 9. The highest BCUT2D eigenvalue weighted by atomic mass is 14.4. The number of aryl methyl sites for hydroxylation is 3. The molecule has 3 aliphatic carbocycles. The monoisotopic (exact) mass is 1010 g/mol. The Morgan fingerprint density at radius 3 is 1.60 bits per heavy atom. The molecule has 1 atom stereocenters. The first kappa shape index (κ1) is 55.4. The highest BCUT2D eigenvalue weighted by molar-refractivity contribution is 5.96. The smallest absolute Gasteiger partial charge is 0.0355 e. The van der Waals surface area contributed by atoms with E-state index < -0.39 is 0 Å². The first-order valence-electron chi connectivity index (χ1n) is 28.2. The van der Waals surface area contributed by atoms with Gasteiger partial charge in [0, 0.05) is 17.0 Å². The van der Waals surface area contributed by atoms with Gasteiger partial charge in [-0.15, -0.1) is 0 Å². The van der Waals surface area contributed by atoms with E-state index in [0.717, 1.165) is 12.0 Å². The quantitative estimate of drug-likeness (QED) is 0.118. The van der Waals surface area contributed by atoms with Crippen molar-refractivity contribution >= 4 is 22.9 Å². The molecule has 0 aromatic heterocycles. The molecule has 1 nitrogen and oxygen atoms in total. The van der Waals surface area contributed by atoms with Gasteiger partial charge in [0.05, 0.1) is 0 Å². The highest BCUT2D eigenvalue weighted by Crippen LogP contribution is 2.50. The van der Waals surface area contributed by atoms with Gasteiger partial charge in [0.2, 0.25) is 0 Å². The summed E-state index contributed by atoms with van der Waals surface area (Å²) in [5, 5.41) is 7.24. The van der Waals surface area contributed by atoms with Crippen LogP contribution in [0.15, 0.2) is 242 Å². The second-order valence-electron chi connectivity index (χ2n) is 21.4. The number of nitrogens with one attached hydrogen (secondary N) is 1. The van der Waals surface area contributed by atoms with Crippen molar-refractivity contribution in [3.05, 3.63) is 292 Å². The van der Waals surface area contributed by atoms with Crippen LogP contribution in [-0.2, 0) is 11.8 Å². The van der Waals surface area contributed by atoms with Crippen LogP contribution in [0.3, 0.4) is 0 Å². The van der Waals surface area contributed by atoms with Crippen molar-refractivity contribution in [2.24, 2.45) is 0 Å². The van der Waals surface area contributed by atoms with E-state index in [4.69, 9.17) is 5.41 Å². The summed E-state index contributed by atoms with van der Waals surface area (Å²) in [5.41, 5.74) is 24.9. The molecular formula is C76H79N. The Morgan fingerprint density at radius 1 is 0.545 bits per heavy atom. The summed E-state index contributed by atoms with van der Waals surface area (Å²) in [5.74, 6) is 0.441. The lowest BCUT2D eigenvalue weighted by atomic mass is 9.77. The normalized spacial score (nSPS) is 14.1. The Hall–Kier alpha value is -7.87. The van der Waals surface area contributed by atoms with Gasteiger partial charge in [0.1, 0.15) is 0 Å². The van der Waals surface area contributed by atoms with Crippen LogP contribution in [0, 0.1) is 19.3 Å². The molecule has 1 unspecified atom stereocenters. The fraction of sp³-hybridized carbons (Fsp3) is 0.224. The molecule has 1 N–H and O–H groups in total. The van der Waals surface area contributed by atoms with Crippen molar-refractivity contribution in [2.45, 2.75) is 111 Å². The standard InChI is InChI=1S/C34H36.C19H18.C15H16.C8H9N/c1-5-8-26(18-13-25-14-19-28(20-15-25)27-16-11-24(2)12-17-27)29-21-22-31-30-9-6-7-10-32(30)34(3,4)33(31)23-29;1-15-7-9-17(10-8-15)19-13-11-18(12-14-19)16-5-3-2-4-6-16;1-2-6-13-9-11-15(12-10-13)14-7-4-3-5-8-14;1-7(9)8-5-3-2-4-6-8/h6,9,11-23,26H,5,7-8,10H2,1-4H3;3,5-14H,2,4H2,1H3;3-5,7-12H,2,6H2,1H3;2-6,9H,1H3/b18-13+;;;. The summed E-state index contributed by atoms with van der Waals surface area (Å²) < 4.78 is 0. The zero-order valence-electron chi connectivity index (χ0n) is 46.8. The van der Waals surface area contributed by atoms with Crippen LogP contribution in [0.4, 0.5) is 0 Å². The Kier molecular flexibility index (Phi) is 19.6. The molecule has 0 spiro atoms. The predicted octanol–water partition coefficient (Wildman–Crippen LogP) is 21.4. The molecule has 0 fully saturated rings. The SMILES string of the molecule is CC(=N)c1ccccc1.CCCC(/C=C/c1ccc(-c2ccc(C)cc2)cc1)c1ccc2c(c1)C(C)(C)C1=C2C=CCC1.CCCc1ccc(-c2ccccc2)cc1.Cc1ccc(-c2ccc(C3=CCCC=C3)cc2)cc1. The number of benzene rings is 8. The lowest BCUT2D eigenvalue weighted by Crippen LogP contribution is -2.18. The minimum Gasteiger partial charge on any atom is -0.305 e. The van der Waals surface area contributed by atoms with Gasteiger partial charge in [0.25, 0.3) is 0 Å². The van der Waals surface area contributed by atoms with Crippen molar-refractivity contribution in [1.82, 2.24) is 0 Å². The minimum atomic E-state index is 0.137. The molecule has 77 heavy (non-hydrogen) atoms. The number of hydrogen-bond acceptors (Lipinski definition) is 1. The molecule has 1 heteroatoms. The second kappa shape index (κ2) is 27.3. The molecule has 0 aliphatic heterocycles. The molecule has 0 radical (unpaired) electrons. The molecule has 0 saturated heterocycles. The van der Waals surface area contributed by atoms with Crippen LogP contribution in [0.2, 0.25) is 0 Å². The fourth-order valence-corrected chi connectivity index (χ4v) is 10.6. The highest BCUT2D eigenvalue weighted by Gasteiger charge is 2.37. The largest absolute Gasteiger partial charge is 0.305 e. The topological polar surface area (TPSA) is 23.9 Å². The average molecular weight is 1010 g/mol. The molecule has 3 aliphatic rings. The van der Waals surface area contributed by atoms with Crippen LogP contribution in [0.25, 0.3) is 50.6 Å². The number of fused-ring (bicyclic) bond motifs is 2. The van der Waals surface area contributed by atoms with Crippen molar-refractivity contribution in [1.29, 1.82) is 5.41 Å². The van der Waals surface area contributed by atoms with Gasteiger partial charge in [-0.3, -0.25) is 0 Å². The van der Waals surface area contributed by atoms with E-state index in [1.165, 1.54) is 134 Å². The molecular weight excluding hydrogens is 927 g/mol. The third-order valence-corrected chi connectivity index (χ3v) is 15.2. The van der Waals surface area contributed by atoms with Crippen LogP contribution in [0.5, 0.6) is 0 Å². The van der Waals surface area contributed by atoms with E-state index in [1.807, 2.05) is 30.3 Å². The van der Waals surface area contributed by atoms with Gasteiger partial charge in [-0.25, -0.2) is 0 Å². The predicted molar refractivity (Wildman–Crippen MR) is 336 cm³/mol. The number of hydrogen-bond donors (Lipinski definition) is 1. The molecule has 0 bridgehead atoms. The van der Waals surface area contributed by atoms with Crippen molar-refractivity contribution in [3.63, 3.8) is 0 Å². The van der Waals surface area contributed by atoms with Gasteiger partial charge in [-0.1, -0.05) is 300 Å². The second-order valence-corrected chi connectivity index (χ2v) is 21.4. The van der Waals surface area contributed by atoms with Crippen molar-refractivity contribution in [2.75, 3.05) is 0 Å². The zero-order valence-corrected chi connectivity index (χ0v) is 46.8. The summed E-state index contributed by atoms with van der Waals surface area (Å²) in [6.45, 7) is 15.4. The summed E-state index contributed by atoms with van der Waals surface area (Å²) >= 11 is 0. The fourth-order valence-electron chi connectivity index (χ4n) is 10.6. The zero-order chi connectivity index (χ0) is 54.0. The number of rotatable bonds is 12. The van der Waals surface area contributed by atoms with E-state index in [2.05, 4.69) is 254 Å². The van der Waals surface area contributed by atoms with Crippen molar-refractivity contribution < 1.29 is 0 Å². The third-order valence-electron chi connectivity index (χ3n) is 15.2. The molecule has 8 aromatic rings. The van der Waals surface area contributed by atoms with E-state index in [9.17, 15) is 0 Å². The molecule has 11 rings (SSSR count). The molecule has 8 aromatic carbocycles. The first-order chi connectivity index (χ1) is 37.5. The molecule has 0 heterocycles. The van der Waals surface area contributed by atoms with Crippen LogP contribution in [0.1, 0.15) is 136 Å². The molecule has 388 valence electrons. The van der Waals surface area contributed by atoms with Gasteiger partial charge in [-0.05, 0) is 143 Å². The lowest BCUT2D eigenvalue weighted by Gasteiger charge is -2.26. The van der Waals surface area contributed by atoms with Crippen molar-refractivity contribution in [3.8, 4) is 33.4 Å². The molecule has 0 saturated carbocycles. The van der Waals surface area contributed by atoms with E-state index in [0.29, 0.717) is 11.6 Å². The van der Waals surface area contributed by atoms with E-state index in [1.54, 1.807) is 12.5 Å². The minimum absolute atomic E-state index is 0.137. The summed E-state index contributed by atoms with van der Waals surface area (Å²) in [7, 11) is 0. The summed E-state index contributed by atoms with van der Waals surface area (Å²) in [6.07, 6.45) is 25.7. The summed E-state index contributed by atoms with van der Waals surface area (Å²) in [6, 6.07) is 71.6. The third kappa shape index (κ3) is 15.0.